The predicted molar refractivity (Wildman–Crippen MR) is 160 cm³/mol. The fourth-order valence-electron chi connectivity index (χ4n) is 5.77. The van der Waals surface area contributed by atoms with Crippen molar-refractivity contribution in [3.05, 3.63) is 88.4 Å². The number of carbonyl (C=O) groups is 2. The van der Waals surface area contributed by atoms with Crippen molar-refractivity contribution in [2.24, 2.45) is 5.92 Å². The van der Waals surface area contributed by atoms with E-state index < -0.39 is 11.7 Å². The molecule has 2 atom stereocenters. The lowest BCUT2D eigenvalue weighted by Gasteiger charge is -2.44. The first kappa shape index (κ1) is 30.4. The number of ether oxygens (including phenoxy) is 1. The standard InChI is InChI=1S/C32H38ClN3O5/c1-34-20-22-12-14-23(15-13-22)30(37)36-18-5-8-25(21-36)32(40,16-6-17-35-31(38)39)27-10-4-11-28(33)29(27)24-7-3-9-26(19-24)41-2/h3-4,7,9-15,19,25,34-35,40H,5-6,8,16-18,20-21H2,1-2H3,(H,38,39). The number of rotatable bonds is 11. The van der Waals surface area contributed by atoms with Crippen molar-refractivity contribution in [2.45, 2.75) is 37.8 Å². The van der Waals surface area contributed by atoms with Gasteiger partial charge in [0.2, 0.25) is 0 Å². The van der Waals surface area contributed by atoms with Gasteiger partial charge in [0.15, 0.2) is 0 Å². The van der Waals surface area contributed by atoms with Crippen molar-refractivity contribution in [1.29, 1.82) is 0 Å². The molecule has 1 aliphatic heterocycles. The van der Waals surface area contributed by atoms with Crippen LogP contribution in [0.1, 0.15) is 47.2 Å². The minimum atomic E-state index is -1.38. The highest BCUT2D eigenvalue weighted by Crippen LogP contribution is 2.46. The first-order valence-electron chi connectivity index (χ1n) is 13.9. The molecule has 4 rings (SSSR count). The van der Waals surface area contributed by atoms with Crippen molar-refractivity contribution in [2.75, 3.05) is 33.8 Å². The van der Waals surface area contributed by atoms with Crippen LogP contribution in [0.3, 0.4) is 0 Å². The van der Waals surface area contributed by atoms with Gasteiger partial charge in [-0.15, -0.1) is 0 Å². The second-order valence-electron chi connectivity index (χ2n) is 10.5. The van der Waals surface area contributed by atoms with Crippen LogP contribution in [0.15, 0.2) is 66.7 Å². The van der Waals surface area contributed by atoms with Crippen molar-refractivity contribution >= 4 is 23.6 Å². The van der Waals surface area contributed by atoms with Gasteiger partial charge in [-0.1, -0.05) is 48.0 Å². The van der Waals surface area contributed by atoms with Gasteiger partial charge in [0.05, 0.1) is 12.7 Å². The van der Waals surface area contributed by atoms with Crippen LogP contribution in [0, 0.1) is 5.92 Å². The van der Waals surface area contributed by atoms with E-state index in [1.807, 2.05) is 72.6 Å². The van der Waals surface area contributed by atoms with Crippen LogP contribution in [-0.2, 0) is 12.1 Å². The molecule has 3 aromatic carbocycles. The maximum absolute atomic E-state index is 13.5. The molecule has 41 heavy (non-hydrogen) atoms. The number of methoxy groups -OCH3 is 1. The maximum Gasteiger partial charge on any atom is 0.404 e. The molecular formula is C32H38ClN3O5. The summed E-state index contributed by atoms with van der Waals surface area (Å²) in [5.41, 5.74) is 2.49. The Labute approximate surface area is 246 Å². The molecule has 3 aromatic rings. The smallest absolute Gasteiger partial charge is 0.404 e. The monoisotopic (exact) mass is 579 g/mol. The van der Waals surface area contributed by atoms with E-state index in [1.54, 1.807) is 13.2 Å². The average Bonchev–Trinajstić information content (AvgIpc) is 2.99. The topological polar surface area (TPSA) is 111 Å². The first-order chi connectivity index (χ1) is 19.8. The van der Waals surface area contributed by atoms with Crippen LogP contribution in [0.4, 0.5) is 4.79 Å². The molecule has 0 spiro atoms. The number of likely N-dealkylation sites (tertiary alicyclic amines) is 1. The summed E-state index contributed by atoms with van der Waals surface area (Å²) in [6.07, 6.45) is 1.03. The molecule has 0 radical (unpaired) electrons. The zero-order valence-corrected chi connectivity index (χ0v) is 24.3. The Morgan fingerprint density at radius 2 is 1.88 bits per heavy atom. The molecule has 9 heteroatoms. The lowest BCUT2D eigenvalue weighted by Crippen LogP contribution is -2.48. The number of carbonyl (C=O) groups excluding carboxylic acids is 1. The third-order valence-corrected chi connectivity index (χ3v) is 8.13. The number of benzene rings is 3. The summed E-state index contributed by atoms with van der Waals surface area (Å²) in [5.74, 6) is 0.300. The Hall–Kier alpha value is -3.59. The molecule has 1 aliphatic rings. The number of aliphatic hydroxyl groups is 1. The third-order valence-electron chi connectivity index (χ3n) is 7.82. The van der Waals surface area contributed by atoms with Gasteiger partial charge in [-0.25, -0.2) is 4.79 Å². The number of piperidine rings is 1. The molecule has 1 saturated heterocycles. The fourth-order valence-corrected chi connectivity index (χ4v) is 6.06. The van der Waals surface area contributed by atoms with Gasteiger partial charge >= 0.3 is 6.09 Å². The first-order valence-corrected chi connectivity index (χ1v) is 14.3. The van der Waals surface area contributed by atoms with Crippen LogP contribution in [0.5, 0.6) is 5.75 Å². The lowest BCUT2D eigenvalue weighted by atomic mass is 9.72. The minimum absolute atomic E-state index is 0.0697. The minimum Gasteiger partial charge on any atom is -0.497 e. The summed E-state index contributed by atoms with van der Waals surface area (Å²) in [4.78, 5) is 26.5. The summed E-state index contributed by atoms with van der Waals surface area (Å²) >= 11 is 6.79. The van der Waals surface area contributed by atoms with Gasteiger partial charge in [-0.3, -0.25) is 4.79 Å². The molecule has 0 bridgehead atoms. The molecule has 0 saturated carbocycles. The van der Waals surface area contributed by atoms with Crippen LogP contribution >= 0.6 is 11.6 Å². The van der Waals surface area contributed by atoms with E-state index in [0.29, 0.717) is 53.4 Å². The fraction of sp³-hybridized carbons (Fsp3) is 0.375. The van der Waals surface area contributed by atoms with E-state index in [2.05, 4.69) is 10.6 Å². The van der Waals surface area contributed by atoms with Crippen LogP contribution in [0.25, 0.3) is 11.1 Å². The highest BCUT2D eigenvalue weighted by Gasteiger charge is 2.43. The summed E-state index contributed by atoms with van der Waals surface area (Å²) in [7, 11) is 3.48. The Balaban J connectivity index is 1.69. The molecule has 0 aromatic heterocycles. The van der Waals surface area contributed by atoms with Crippen molar-refractivity contribution in [3.63, 3.8) is 0 Å². The van der Waals surface area contributed by atoms with Gasteiger partial charge in [0.25, 0.3) is 5.91 Å². The number of amides is 2. The molecule has 218 valence electrons. The highest BCUT2D eigenvalue weighted by atomic mass is 35.5. The van der Waals surface area contributed by atoms with E-state index in [9.17, 15) is 14.7 Å². The van der Waals surface area contributed by atoms with Crippen LogP contribution in [0.2, 0.25) is 5.02 Å². The second kappa shape index (κ2) is 13.9. The zero-order chi connectivity index (χ0) is 29.4. The van der Waals surface area contributed by atoms with E-state index >= 15 is 0 Å². The zero-order valence-electron chi connectivity index (χ0n) is 23.5. The number of nitrogens with one attached hydrogen (secondary N) is 2. The van der Waals surface area contributed by atoms with E-state index in [0.717, 1.165) is 24.1 Å². The highest BCUT2D eigenvalue weighted by molar-refractivity contribution is 6.33. The lowest BCUT2D eigenvalue weighted by molar-refractivity contribution is -0.0563. The molecule has 0 aliphatic carbocycles. The van der Waals surface area contributed by atoms with Crippen molar-refractivity contribution < 1.29 is 24.5 Å². The van der Waals surface area contributed by atoms with E-state index in [4.69, 9.17) is 21.4 Å². The van der Waals surface area contributed by atoms with Gasteiger partial charge < -0.3 is 30.5 Å². The largest absolute Gasteiger partial charge is 0.497 e. The molecule has 1 heterocycles. The van der Waals surface area contributed by atoms with Gasteiger partial charge in [0.1, 0.15) is 5.75 Å². The summed E-state index contributed by atoms with van der Waals surface area (Å²) in [5, 5.41) is 27.7. The number of hydrogen-bond donors (Lipinski definition) is 4. The summed E-state index contributed by atoms with van der Waals surface area (Å²) < 4.78 is 5.45. The number of hydrogen-bond acceptors (Lipinski definition) is 5. The Kier molecular flexibility index (Phi) is 10.3. The maximum atomic E-state index is 13.5. The van der Waals surface area contributed by atoms with Crippen LogP contribution in [-0.4, -0.2) is 60.9 Å². The molecule has 2 unspecified atom stereocenters. The second-order valence-corrected chi connectivity index (χ2v) is 10.9. The Bertz CT molecular complexity index is 1350. The van der Waals surface area contributed by atoms with Crippen molar-refractivity contribution in [3.8, 4) is 16.9 Å². The number of halogens is 1. The third kappa shape index (κ3) is 7.19. The summed E-state index contributed by atoms with van der Waals surface area (Å²) in [6.45, 7) is 1.88. The quantitative estimate of drug-likeness (QED) is 0.223. The molecular weight excluding hydrogens is 542 g/mol. The van der Waals surface area contributed by atoms with Crippen LogP contribution < -0.4 is 15.4 Å². The van der Waals surface area contributed by atoms with Gasteiger partial charge in [-0.2, -0.15) is 0 Å². The molecule has 8 nitrogen and oxygen atoms in total. The van der Waals surface area contributed by atoms with E-state index in [-0.39, 0.29) is 24.8 Å². The van der Waals surface area contributed by atoms with E-state index in [1.165, 1.54) is 0 Å². The number of carboxylic acid groups (broad SMARTS) is 1. The Morgan fingerprint density at radius 3 is 2.59 bits per heavy atom. The number of nitrogens with zero attached hydrogens (tertiary/aromatic N) is 1. The van der Waals surface area contributed by atoms with Gasteiger partial charge in [0, 0.05) is 48.2 Å². The molecule has 4 N–H and O–H groups in total. The van der Waals surface area contributed by atoms with Gasteiger partial charge in [-0.05, 0) is 79.8 Å². The predicted octanol–water partition coefficient (Wildman–Crippen LogP) is 5.52. The molecule has 2 amide bonds. The SMILES string of the molecule is CNCc1ccc(C(=O)N2CCCC(C(O)(CCCNC(=O)O)c3cccc(Cl)c3-c3cccc(OC)c3)C2)cc1. The summed E-state index contributed by atoms with van der Waals surface area (Å²) in [6, 6.07) is 20.6. The average molecular weight is 580 g/mol. The normalized spacial score (nSPS) is 16.6. The van der Waals surface area contributed by atoms with Crippen molar-refractivity contribution in [1.82, 2.24) is 15.5 Å². The molecule has 1 fully saturated rings. The Morgan fingerprint density at radius 1 is 1.12 bits per heavy atom.